The molecule has 1 nitrogen and oxygen atoms in total. The summed E-state index contributed by atoms with van der Waals surface area (Å²) in [5, 5.41) is 8.96. The molecule has 1 aromatic rings. The third-order valence-electron chi connectivity index (χ3n) is 4.64. The Morgan fingerprint density at radius 3 is 2.11 bits per heavy atom. The summed E-state index contributed by atoms with van der Waals surface area (Å²) in [6, 6.07) is 4.69. The molecule has 0 aliphatic heterocycles. The Morgan fingerprint density at radius 1 is 1.05 bits per heavy atom. The molecule has 2 rings (SSSR count). The largest absolute Gasteiger partial charge is 0.392 e. The number of hydrogen-bond acceptors (Lipinski definition) is 1. The van der Waals surface area contributed by atoms with E-state index in [0.29, 0.717) is 0 Å². The molecule has 1 aliphatic carbocycles. The van der Waals surface area contributed by atoms with Crippen molar-refractivity contribution in [1.82, 2.24) is 0 Å². The van der Waals surface area contributed by atoms with Crippen LogP contribution < -0.4 is 0 Å². The first-order chi connectivity index (χ1) is 8.78. The van der Waals surface area contributed by atoms with Crippen LogP contribution in [-0.2, 0) is 10.8 Å². The molecule has 1 aromatic carbocycles. The summed E-state index contributed by atoms with van der Waals surface area (Å²) in [6.07, 6.45) is 6.33. The van der Waals surface area contributed by atoms with Gasteiger partial charge < -0.3 is 5.11 Å². The molecule has 1 heteroatoms. The lowest BCUT2D eigenvalue weighted by molar-refractivity contribution is 0.331. The SMILES string of the molecule is Cc1cc2c(cc1C=CCO)C(C)(C)CCC2(C)C. The van der Waals surface area contributed by atoms with E-state index in [1.54, 1.807) is 0 Å². The van der Waals surface area contributed by atoms with Crippen molar-refractivity contribution in [1.29, 1.82) is 0 Å². The van der Waals surface area contributed by atoms with Gasteiger partial charge in [0.15, 0.2) is 0 Å². The van der Waals surface area contributed by atoms with E-state index in [1.165, 1.54) is 35.1 Å². The van der Waals surface area contributed by atoms with Crippen molar-refractivity contribution in [3.05, 3.63) is 40.5 Å². The number of hydrogen-bond donors (Lipinski definition) is 1. The summed E-state index contributed by atoms with van der Waals surface area (Å²) in [5.74, 6) is 0. The maximum atomic E-state index is 8.96. The predicted octanol–water partition coefficient (Wildman–Crippen LogP) is 4.35. The van der Waals surface area contributed by atoms with Crippen molar-refractivity contribution >= 4 is 6.08 Å². The van der Waals surface area contributed by atoms with Crippen molar-refractivity contribution in [3.63, 3.8) is 0 Å². The normalized spacial score (nSPS) is 20.5. The maximum absolute atomic E-state index is 8.96. The summed E-state index contributed by atoms with van der Waals surface area (Å²) in [4.78, 5) is 0. The lowest BCUT2D eigenvalue weighted by atomic mass is 9.62. The Balaban J connectivity index is 2.61. The van der Waals surface area contributed by atoms with E-state index < -0.39 is 0 Å². The third kappa shape index (κ3) is 2.62. The predicted molar refractivity (Wildman–Crippen MR) is 82.6 cm³/mol. The lowest BCUT2D eigenvalue weighted by Crippen LogP contribution is -2.34. The van der Waals surface area contributed by atoms with E-state index in [9.17, 15) is 0 Å². The smallest absolute Gasteiger partial charge is 0.0615 e. The van der Waals surface area contributed by atoms with Crippen molar-refractivity contribution in [3.8, 4) is 0 Å². The molecule has 0 amide bonds. The second-order valence-corrected chi connectivity index (χ2v) is 7.11. The fourth-order valence-corrected chi connectivity index (χ4v) is 3.10. The van der Waals surface area contributed by atoms with Crippen LogP contribution in [0.25, 0.3) is 6.08 Å². The number of rotatable bonds is 2. The van der Waals surface area contributed by atoms with Gasteiger partial charge in [-0.05, 0) is 52.8 Å². The van der Waals surface area contributed by atoms with Crippen LogP contribution in [0.5, 0.6) is 0 Å². The number of fused-ring (bicyclic) bond motifs is 1. The van der Waals surface area contributed by atoms with Crippen molar-refractivity contribution in [2.24, 2.45) is 0 Å². The molecule has 0 bridgehead atoms. The minimum atomic E-state index is 0.103. The molecule has 0 aromatic heterocycles. The molecule has 0 saturated carbocycles. The van der Waals surface area contributed by atoms with E-state index in [-0.39, 0.29) is 17.4 Å². The molecule has 0 radical (unpaired) electrons. The third-order valence-corrected chi connectivity index (χ3v) is 4.64. The van der Waals surface area contributed by atoms with Crippen molar-refractivity contribution in [2.45, 2.75) is 58.3 Å². The van der Waals surface area contributed by atoms with Gasteiger partial charge in [0.2, 0.25) is 0 Å². The van der Waals surface area contributed by atoms with Crippen LogP contribution in [-0.4, -0.2) is 11.7 Å². The van der Waals surface area contributed by atoms with E-state index >= 15 is 0 Å². The zero-order valence-corrected chi connectivity index (χ0v) is 12.9. The number of benzene rings is 1. The Labute approximate surface area is 117 Å². The number of aliphatic hydroxyl groups excluding tert-OH is 1. The van der Waals surface area contributed by atoms with E-state index in [4.69, 9.17) is 5.11 Å². The second-order valence-electron chi connectivity index (χ2n) is 7.11. The zero-order valence-electron chi connectivity index (χ0n) is 12.9. The summed E-state index contributed by atoms with van der Waals surface area (Å²) in [7, 11) is 0. The summed E-state index contributed by atoms with van der Waals surface area (Å²) in [6.45, 7) is 11.7. The topological polar surface area (TPSA) is 20.2 Å². The zero-order chi connectivity index (χ0) is 14.3. The molecule has 0 spiro atoms. The van der Waals surface area contributed by atoms with E-state index in [1.807, 2.05) is 12.2 Å². The van der Waals surface area contributed by atoms with Gasteiger partial charge in [-0.1, -0.05) is 52.0 Å². The van der Waals surface area contributed by atoms with Crippen LogP contribution in [0.3, 0.4) is 0 Å². The molecule has 0 atom stereocenters. The molecule has 0 unspecified atom stereocenters. The molecule has 0 heterocycles. The van der Waals surface area contributed by atoms with Gasteiger partial charge >= 0.3 is 0 Å². The molecule has 0 saturated heterocycles. The highest BCUT2D eigenvalue weighted by molar-refractivity contribution is 5.59. The van der Waals surface area contributed by atoms with E-state index in [0.717, 1.165) is 0 Å². The van der Waals surface area contributed by atoms with Gasteiger partial charge in [0.05, 0.1) is 6.61 Å². The van der Waals surface area contributed by atoms with Crippen molar-refractivity contribution in [2.75, 3.05) is 6.61 Å². The minimum absolute atomic E-state index is 0.103. The first-order valence-corrected chi connectivity index (χ1v) is 7.21. The number of aryl methyl sites for hydroxylation is 1. The van der Waals surface area contributed by atoms with Crippen LogP contribution >= 0.6 is 0 Å². The monoisotopic (exact) mass is 258 g/mol. The highest BCUT2D eigenvalue weighted by atomic mass is 16.2. The standard InChI is InChI=1S/C18H26O/c1-13-11-15-16(12-14(13)7-6-10-19)18(4,5)9-8-17(15,2)3/h6-7,11-12,19H,8-10H2,1-5H3. The quantitative estimate of drug-likeness (QED) is 0.836. The van der Waals surface area contributed by atoms with Gasteiger partial charge in [0.25, 0.3) is 0 Å². The first-order valence-electron chi connectivity index (χ1n) is 7.21. The van der Waals surface area contributed by atoms with Gasteiger partial charge in [0, 0.05) is 0 Å². The molecule has 1 N–H and O–H groups in total. The van der Waals surface area contributed by atoms with Crippen LogP contribution in [0.2, 0.25) is 0 Å². The van der Waals surface area contributed by atoms with Gasteiger partial charge in [-0.2, -0.15) is 0 Å². The highest BCUT2D eigenvalue weighted by Gasteiger charge is 2.37. The van der Waals surface area contributed by atoms with E-state index in [2.05, 4.69) is 46.8 Å². The summed E-state index contributed by atoms with van der Waals surface area (Å²) < 4.78 is 0. The number of aliphatic hydroxyl groups is 1. The minimum Gasteiger partial charge on any atom is -0.392 e. The van der Waals surface area contributed by atoms with Crippen LogP contribution in [0.4, 0.5) is 0 Å². The van der Waals surface area contributed by atoms with Gasteiger partial charge in [-0.25, -0.2) is 0 Å². The van der Waals surface area contributed by atoms with Gasteiger partial charge in [0.1, 0.15) is 0 Å². The molecule has 0 fully saturated rings. The highest BCUT2D eigenvalue weighted by Crippen LogP contribution is 2.46. The second kappa shape index (κ2) is 4.79. The van der Waals surface area contributed by atoms with Crippen molar-refractivity contribution < 1.29 is 5.11 Å². The summed E-state index contributed by atoms with van der Waals surface area (Å²) in [5.41, 5.74) is 6.04. The fraction of sp³-hybridized carbons (Fsp3) is 0.556. The maximum Gasteiger partial charge on any atom is 0.0615 e. The molecule has 1 aliphatic rings. The fourth-order valence-electron chi connectivity index (χ4n) is 3.10. The summed E-state index contributed by atoms with van der Waals surface area (Å²) >= 11 is 0. The average Bonchev–Trinajstić information content (AvgIpc) is 2.33. The van der Waals surface area contributed by atoms with Crippen LogP contribution in [0.15, 0.2) is 18.2 Å². The Kier molecular flexibility index (Phi) is 3.61. The first kappa shape index (κ1) is 14.3. The van der Waals surface area contributed by atoms with Gasteiger partial charge in [-0.3, -0.25) is 0 Å². The molecular formula is C18H26O. The molecule has 104 valence electrons. The Morgan fingerprint density at radius 2 is 1.58 bits per heavy atom. The average molecular weight is 258 g/mol. The Bertz CT molecular complexity index is 507. The van der Waals surface area contributed by atoms with Gasteiger partial charge in [-0.15, -0.1) is 0 Å². The Hall–Kier alpha value is -1.08. The molecular weight excluding hydrogens is 232 g/mol. The van der Waals surface area contributed by atoms with Crippen LogP contribution in [0, 0.1) is 6.92 Å². The lowest BCUT2D eigenvalue weighted by Gasteiger charge is -2.42. The van der Waals surface area contributed by atoms with Crippen LogP contribution in [0.1, 0.15) is 62.8 Å². The molecule has 19 heavy (non-hydrogen) atoms.